The number of imide groups is 1. The van der Waals surface area contributed by atoms with E-state index >= 15 is 0 Å². The molecule has 772 valence electrons. The van der Waals surface area contributed by atoms with Crippen molar-refractivity contribution in [2.45, 2.75) is 252 Å². The Kier molecular flexibility index (Phi) is 51.1. The quantitative estimate of drug-likeness (QED) is 0.0194. The highest BCUT2D eigenvalue weighted by molar-refractivity contribution is 7.51. The second-order valence-corrected chi connectivity index (χ2v) is 39.2. The molecule has 14 amide bonds. The van der Waals surface area contributed by atoms with Gasteiger partial charge in [-0.05, 0) is 114 Å². The smallest absolute Gasteiger partial charge is 0.464 e. The van der Waals surface area contributed by atoms with Gasteiger partial charge in [-0.2, -0.15) is 0 Å². The SMILES string of the molecule is CC[C@H](C)[C@@H]([C@@H](CC(=O)N1CCC[C@H]1[C@H](OC)[C@@H](C)C(=O)N[C@H](C)[C@@H](OP(=O)(O)OCc1ccc(NC(=O)[C@H](C)NC(=O)[C@@H](NC(=O)[C@H](CCCCN)NC(=O)[C@H](CC(=O)N[C@H]2CCOC2=O)NC(=O)CCOCCOCCOCCOCCNC(=O)[C@H](CNC(=O)CCP(=O)(O)O)N2C(=O)CC(C)C2=O)C(C)C)cc1)c1ccccc1)OC)N(C)C(=O)[C@@H](NC(=O)[C@H](C(C)C)N(C)C)C(C)C. The summed E-state index contributed by atoms with van der Waals surface area (Å²) in [7, 11) is -1.18. The zero-order chi connectivity index (χ0) is 102. The summed E-state index contributed by atoms with van der Waals surface area (Å²) >= 11 is 0. The molecule has 0 saturated carbocycles. The van der Waals surface area contributed by atoms with Crippen LogP contribution in [-0.4, -0.2) is 329 Å². The number of unbranched alkanes of at least 4 members (excludes halogenated alkanes) is 1. The van der Waals surface area contributed by atoms with Crippen molar-refractivity contribution in [1.82, 2.24) is 67.5 Å². The number of esters is 1. The molecule has 3 aliphatic rings. The van der Waals surface area contributed by atoms with Crippen LogP contribution >= 0.6 is 15.4 Å². The molecule has 5 rings (SSSR count). The van der Waals surface area contributed by atoms with Crippen LogP contribution < -0.4 is 58.9 Å². The minimum Gasteiger partial charge on any atom is -0.464 e. The van der Waals surface area contributed by atoms with Gasteiger partial charge in [0.15, 0.2) is 0 Å². The molecular formula is C91H149N15O29P2. The highest BCUT2D eigenvalue weighted by atomic mass is 31.2. The van der Waals surface area contributed by atoms with Gasteiger partial charge in [-0.15, -0.1) is 0 Å². The third-order valence-corrected chi connectivity index (χ3v) is 25.7. The largest absolute Gasteiger partial charge is 0.473 e. The Morgan fingerprint density at radius 3 is 1.80 bits per heavy atom. The Hall–Kier alpha value is -9.37. The average Bonchev–Trinajstić information content (AvgIpc) is 1.62. The van der Waals surface area contributed by atoms with E-state index in [9.17, 15) is 85.9 Å². The van der Waals surface area contributed by atoms with Gasteiger partial charge in [0.25, 0.3) is 0 Å². The van der Waals surface area contributed by atoms with Crippen molar-refractivity contribution in [3.05, 3.63) is 65.7 Å². The van der Waals surface area contributed by atoms with Crippen molar-refractivity contribution in [3.8, 4) is 0 Å². The van der Waals surface area contributed by atoms with E-state index in [1.807, 2.05) is 60.5 Å². The Labute approximate surface area is 802 Å². The fraction of sp³-hybridized carbons (Fsp3) is 0.703. The van der Waals surface area contributed by atoms with E-state index in [4.69, 9.17) is 57.7 Å². The number of likely N-dealkylation sites (tertiary alicyclic amines) is 2. The predicted molar refractivity (Wildman–Crippen MR) is 501 cm³/mol. The first-order chi connectivity index (χ1) is 64.7. The molecule has 0 spiro atoms. The van der Waals surface area contributed by atoms with E-state index in [0.717, 1.165) is 4.90 Å². The number of anilines is 1. The lowest BCUT2D eigenvalue weighted by molar-refractivity contribution is -0.148. The van der Waals surface area contributed by atoms with Gasteiger partial charge in [0.1, 0.15) is 48.4 Å². The number of amides is 14. The van der Waals surface area contributed by atoms with Crippen molar-refractivity contribution < 1.29 is 138 Å². The Morgan fingerprint density at radius 2 is 1.24 bits per heavy atom. The molecular weight excluding hydrogens is 1830 g/mol. The van der Waals surface area contributed by atoms with Crippen LogP contribution in [0.5, 0.6) is 0 Å². The van der Waals surface area contributed by atoms with Crippen molar-refractivity contribution >= 4 is 110 Å². The Morgan fingerprint density at radius 1 is 0.628 bits per heavy atom. The number of nitrogens with two attached hydrogens (primary N) is 1. The maximum absolute atomic E-state index is 14.7. The minimum atomic E-state index is -4.97. The third kappa shape index (κ3) is 39.3. The molecule has 3 fully saturated rings. The summed E-state index contributed by atoms with van der Waals surface area (Å²) in [5.74, 6) is -12.3. The van der Waals surface area contributed by atoms with Gasteiger partial charge in [0, 0.05) is 78.2 Å². The molecule has 3 heterocycles. The predicted octanol–water partition coefficient (Wildman–Crippen LogP) is 1.74. The van der Waals surface area contributed by atoms with Crippen LogP contribution in [-0.2, 0) is 130 Å². The molecule has 0 aliphatic carbocycles. The fourth-order valence-corrected chi connectivity index (χ4v) is 17.7. The maximum atomic E-state index is 14.7. The number of hydrogen-bond donors (Lipinski definition) is 14. The molecule has 0 aromatic heterocycles. The number of rotatable bonds is 64. The van der Waals surface area contributed by atoms with Crippen LogP contribution in [0.2, 0.25) is 0 Å². The molecule has 0 bridgehead atoms. The lowest BCUT2D eigenvalue weighted by Crippen LogP contribution is -2.59. The van der Waals surface area contributed by atoms with Crippen molar-refractivity contribution in [2.75, 3.05) is 132 Å². The van der Waals surface area contributed by atoms with E-state index in [-0.39, 0.29) is 146 Å². The topological polar surface area (TPSA) is 593 Å². The van der Waals surface area contributed by atoms with E-state index in [1.54, 1.807) is 74.9 Å². The second-order valence-electron chi connectivity index (χ2n) is 36.0. The van der Waals surface area contributed by atoms with E-state index in [2.05, 4.69) is 53.2 Å². The van der Waals surface area contributed by atoms with Gasteiger partial charge in [-0.1, -0.05) is 118 Å². The minimum absolute atomic E-state index is 0.00137. The number of phosphoric ester groups is 1. The summed E-state index contributed by atoms with van der Waals surface area (Å²) in [6, 6.07) is 3.03. The number of nitrogens with zero attached hydrogens (tertiary/aromatic N) is 4. The molecule has 3 aliphatic heterocycles. The highest BCUT2D eigenvalue weighted by Crippen LogP contribution is 2.50. The van der Waals surface area contributed by atoms with Crippen molar-refractivity contribution in [1.29, 1.82) is 0 Å². The lowest BCUT2D eigenvalue weighted by Gasteiger charge is -2.41. The van der Waals surface area contributed by atoms with Gasteiger partial charge in [0.05, 0.1) is 127 Å². The molecule has 2 aromatic carbocycles. The number of benzene rings is 2. The van der Waals surface area contributed by atoms with Gasteiger partial charge in [-0.3, -0.25) is 90.5 Å². The number of likely N-dealkylation sites (N-methyl/N-ethyl adjacent to an activating group) is 2. The van der Waals surface area contributed by atoms with E-state index < -0.39 is 221 Å². The third-order valence-electron chi connectivity index (χ3n) is 23.9. The number of ether oxygens (including phenoxy) is 7. The number of carbonyl (C=O) groups excluding carboxylic acids is 15. The Balaban J connectivity index is 1.11. The summed E-state index contributed by atoms with van der Waals surface area (Å²) in [5.41, 5.74) is 6.84. The summed E-state index contributed by atoms with van der Waals surface area (Å²) < 4.78 is 75.9. The van der Waals surface area contributed by atoms with Crippen LogP contribution in [0.1, 0.15) is 177 Å². The molecule has 2 aromatic rings. The van der Waals surface area contributed by atoms with Crippen molar-refractivity contribution in [3.63, 3.8) is 0 Å². The number of phosphoric acid groups is 1. The number of methoxy groups -OCH3 is 2. The van der Waals surface area contributed by atoms with Crippen LogP contribution in [0.3, 0.4) is 0 Å². The van der Waals surface area contributed by atoms with Crippen molar-refractivity contribution in [2.24, 2.45) is 41.2 Å². The monoisotopic (exact) mass is 1980 g/mol. The molecule has 18 atom stereocenters. The fourth-order valence-electron chi connectivity index (χ4n) is 16.2. The first-order valence-electron chi connectivity index (χ1n) is 46.8. The Bertz CT molecular complexity index is 4360. The zero-order valence-corrected chi connectivity index (χ0v) is 83.8. The number of carbonyl (C=O) groups is 15. The maximum Gasteiger partial charge on any atom is 0.473 e. The molecule has 137 heavy (non-hydrogen) atoms. The average molecular weight is 1980 g/mol. The van der Waals surface area contributed by atoms with Gasteiger partial charge >= 0.3 is 21.4 Å². The van der Waals surface area contributed by atoms with E-state index in [0.29, 0.717) is 49.8 Å². The van der Waals surface area contributed by atoms with Crippen LogP contribution in [0.25, 0.3) is 0 Å². The lowest BCUT2D eigenvalue weighted by atomic mass is 9.89. The van der Waals surface area contributed by atoms with Gasteiger partial charge in [0.2, 0.25) is 82.7 Å². The number of cyclic esters (lactones) is 1. The zero-order valence-electron chi connectivity index (χ0n) is 82.1. The normalized spacial score (nSPS) is 18.7. The van der Waals surface area contributed by atoms with Crippen LogP contribution in [0, 0.1) is 35.5 Å². The van der Waals surface area contributed by atoms with Crippen LogP contribution in [0.4, 0.5) is 5.69 Å². The first kappa shape index (κ1) is 118. The first-order valence-corrected chi connectivity index (χ1v) is 50.1. The summed E-state index contributed by atoms with van der Waals surface area (Å²) in [5, 5.41) is 26.5. The number of hydrogen-bond acceptors (Lipinski definition) is 28. The summed E-state index contributed by atoms with van der Waals surface area (Å²) in [4.78, 5) is 239. The summed E-state index contributed by atoms with van der Waals surface area (Å²) in [6.45, 7) is 21.1. The molecule has 3 saturated heterocycles. The van der Waals surface area contributed by atoms with Gasteiger partial charge < -0.3 is 117 Å². The van der Waals surface area contributed by atoms with E-state index in [1.165, 1.54) is 52.3 Å². The molecule has 0 radical (unpaired) electrons. The molecule has 44 nitrogen and oxygen atoms in total. The standard InChI is InChI=1S/C91H149N15O29P2/c1-18-57(8)79(104(15)90(120)77(55(4)5)102-88(118)78(56(6)7)103(13)14)70(127-16)51-74(110)105-38-24-28-68(105)80(128-17)59(10)82(112)95-60(11)81(63-25-20-19-21-26-63)135-137(125,126)134-53-62-29-31-64(32-30-62)97-83(113)61(12)96-87(117)76(54(2)3)101-84(114)65(27-22-23-36-92)100-85(115)67(50-73(109)98-66-33-40-133-91(66)121)99-72(108)34-39-129-42-44-131-46-47-132-45-43-130-41-37-93-86(116)69(106-75(111)49-58(9)89(106)119)52-94-71(107)35-48-136(122,123)124/h19-21,25-26,29-32,54-61,65-70,76-81H,18,22-24,27-28,33-53,92H2,1-17H3,(H,93,116)(H,94,107)(H,95,112)(H,96,117)(H,97,113)(H,98,109)(H,99,108)(H,100,115)(H,101,114)(H,102,118)(H,125,126)(H2,122,123,124)/t57-,58?,59+,60+,61-,65-,66-,67-,68-,69-,70+,76-,77-,78-,79-,80+,81+/m0/s1. The number of nitrogens with one attached hydrogen (secondary N) is 10. The second kappa shape index (κ2) is 59.3. The van der Waals surface area contributed by atoms with Gasteiger partial charge in [-0.25, -0.2) is 9.36 Å². The summed E-state index contributed by atoms with van der Waals surface area (Å²) in [6.07, 6.45) is -2.77. The van der Waals surface area contributed by atoms with Crippen LogP contribution in [0.15, 0.2) is 54.6 Å². The molecule has 46 heteroatoms. The molecule has 15 N–H and O–H groups in total. The highest BCUT2D eigenvalue weighted by Gasteiger charge is 2.47. The molecule has 2 unspecified atom stereocenters.